The van der Waals surface area contributed by atoms with Crippen molar-refractivity contribution >= 4 is 11.6 Å². The van der Waals surface area contributed by atoms with Gasteiger partial charge in [0.2, 0.25) is 5.88 Å². The first-order valence-electron chi connectivity index (χ1n) is 8.01. The summed E-state index contributed by atoms with van der Waals surface area (Å²) < 4.78 is 7.30. The summed E-state index contributed by atoms with van der Waals surface area (Å²) in [6.45, 7) is 0.729. The predicted molar refractivity (Wildman–Crippen MR) is 89.0 cm³/mol. The Morgan fingerprint density at radius 2 is 2.12 bits per heavy atom. The van der Waals surface area contributed by atoms with E-state index in [-0.39, 0.29) is 11.9 Å². The van der Waals surface area contributed by atoms with Crippen LogP contribution in [0.2, 0.25) is 0 Å². The van der Waals surface area contributed by atoms with E-state index < -0.39 is 0 Å². The Labute approximate surface area is 139 Å². The van der Waals surface area contributed by atoms with Crippen molar-refractivity contribution in [1.82, 2.24) is 19.3 Å². The number of methoxy groups -OCH3 is 1. The van der Waals surface area contributed by atoms with Crippen LogP contribution in [0, 0.1) is 0 Å². The average molecular weight is 322 g/mol. The highest BCUT2D eigenvalue weighted by atomic mass is 16.5. The zero-order valence-electron chi connectivity index (χ0n) is 13.4. The molecular weight excluding hydrogens is 304 g/mol. The highest BCUT2D eigenvalue weighted by Gasteiger charge is 2.33. The molecule has 24 heavy (non-hydrogen) atoms. The second-order valence-electron chi connectivity index (χ2n) is 5.82. The number of nitrogens with zero attached hydrogens (tertiary/aromatic N) is 4. The maximum absolute atomic E-state index is 13.1. The number of carbonyl (C=O) groups is 1. The number of carbonyl (C=O) groups excluding carboxylic acids is 1. The summed E-state index contributed by atoms with van der Waals surface area (Å²) in [5, 5.41) is 0. The fourth-order valence-electron chi connectivity index (χ4n) is 3.43. The summed E-state index contributed by atoms with van der Waals surface area (Å²) in [4.78, 5) is 23.5. The molecule has 0 radical (unpaired) electrons. The minimum atomic E-state index is -0.0421. The number of imidazole rings is 1. The molecule has 1 amide bonds. The second-order valence-corrected chi connectivity index (χ2v) is 5.82. The third kappa shape index (κ3) is 2.31. The van der Waals surface area contributed by atoms with Crippen molar-refractivity contribution in [2.45, 2.75) is 18.9 Å². The first-order chi connectivity index (χ1) is 11.8. The number of ether oxygens (including phenoxy) is 1. The van der Waals surface area contributed by atoms with Gasteiger partial charge < -0.3 is 14.0 Å². The molecule has 4 rings (SSSR count). The van der Waals surface area contributed by atoms with Gasteiger partial charge in [0, 0.05) is 30.8 Å². The van der Waals surface area contributed by atoms with Crippen molar-refractivity contribution in [2.75, 3.05) is 13.7 Å². The van der Waals surface area contributed by atoms with Crippen molar-refractivity contribution in [3.8, 4) is 5.88 Å². The van der Waals surface area contributed by atoms with Crippen LogP contribution in [0.15, 0.2) is 48.9 Å². The third-order valence-corrected chi connectivity index (χ3v) is 4.51. The molecule has 0 aliphatic carbocycles. The van der Waals surface area contributed by atoms with E-state index in [1.807, 2.05) is 23.2 Å². The molecule has 0 aromatic carbocycles. The lowest BCUT2D eigenvalue weighted by Crippen LogP contribution is -2.31. The van der Waals surface area contributed by atoms with E-state index in [0.29, 0.717) is 11.4 Å². The second kappa shape index (κ2) is 5.96. The van der Waals surface area contributed by atoms with E-state index in [1.165, 1.54) is 7.11 Å². The van der Waals surface area contributed by atoms with Gasteiger partial charge in [-0.15, -0.1) is 0 Å². The Bertz CT molecular complexity index is 889. The van der Waals surface area contributed by atoms with Crippen molar-refractivity contribution in [3.05, 3.63) is 60.2 Å². The number of hydrogen-bond donors (Lipinski definition) is 0. The lowest BCUT2D eigenvalue weighted by molar-refractivity contribution is 0.0728. The summed E-state index contributed by atoms with van der Waals surface area (Å²) in [6.07, 6.45) is 7.26. The Morgan fingerprint density at radius 3 is 3.00 bits per heavy atom. The van der Waals surface area contributed by atoms with Crippen LogP contribution < -0.4 is 4.74 Å². The van der Waals surface area contributed by atoms with Crippen LogP contribution in [-0.2, 0) is 0 Å². The first-order valence-corrected chi connectivity index (χ1v) is 8.01. The number of hydrogen-bond acceptors (Lipinski definition) is 4. The van der Waals surface area contributed by atoms with Crippen LogP contribution in [0.25, 0.3) is 5.65 Å². The molecule has 1 saturated heterocycles. The molecule has 0 unspecified atom stereocenters. The Hall–Kier alpha value is -2.89. The fraction of sp³-hybridized carbons (Fsp3) is 0.278. The number of fused-ring (bicyclic) bond motifs is 1. The highest BCUT2D eigenvalue weighted by molar-refractivity contribution is 5.96. The molecule has 0 spiro atoms. The molecule has 122 valence electrons. The van der Waals surface area contributed by atoms with Gasteiger partial charge in [-0.25, -0.2) is 9.97 Å². The van der Waals surface area contributed by atoms with Gasteiger partial charge in [-0.05, 0) is 37.1 Å². The van der Waals surface area contributed by atoms with E-state index in [1.54, 1.807) is 24.5 Å². The summed E-state index contributed by atoms with van der Waals surface area (Å²) in [5.41, 5.74) is 2.48. The average Bonchev–Trinajstić information content (AvgIpc) is 3.29. The summed E-state index contributed by atoms with van der Waals surface area (Å²) in [7, 11) is 1.53. The molecule has 6 nitrogen and oxygen atoms in total. The molecule has 6 heteroatoms. The largest absolute Gasteiger partial charge is 0.480 e. The van der Waals surface area contributed by atoms with Gasteiger partial charge >= 0.3 is 0 Å². The normalized spacial score (nSPS) is 17.4. The molecule has 1 fully saturated rings. The summed E-state index contributed by atoms with van der Waals surface area (Å²) >= 11 is 0. The third-order valence-electron chi connectivity index (χ3n) is 4.51. The molecule has 1 aliphatic heterocycles. The summed E-state index contributed by atoms with van der Waals surface area (Å²) in [5.74, 6) is 0.327. The molecule has 3 aromatic rings. The van der Waals surface area contributed by atoms with E-state index >= 15 is 0 Å². The van der Waals surface area contributed by atoms with E-state index in [2.05, 4.69) is 20.4 Å². The van der Waals surface area contributed by atoms with Crippen LogP contribution in [0.5, 0.6) is 5.88 Å². The van der Waals surface area contributed by atoms with Gasteiger partial charge in [0.1, 0.15) is 11.2 Å². The minimum absolute atomic E-state index is 0.0281. The number of amides is 1. The zero-order valence-corrected chi connectivity index (χ0v) is 13.4. The van der Waals surface area contributed by atoms with Gasteiger partial charge in [0.25, 0.3) is 5.91 Å². The molecule has 0 bridgehead atoms. The molecule has 1 aliphatic rings. The number of pyridine rings is 2. The van der Waals surface area contributed by atoms with Crippen LogP contribution in [0.3, 0.4) is 0 Å². The van der Waals surface area contributed by atoms with Gasteiger partial charge in [0.05, 0.1) is 13.2 Å². The first kappa shape index (κ1) is 14.7. The maximum atomic E-state index is 13.1. The van der Waals surface area contributed by atoms with Gasteiger partial charge in [0.15, 0.2) is 0 Å². The zero-order chi connectivity index (χ0) is 16.5. The maximum Gasteiger partial charge on any atom is 0.259 e. The van der Waals surface area contributed by atoms with Crippen molar-refractivity contribution in [2.24, 2.45) is 0 Å². The van der Waals surface area contributed by atoms with Crippen molar-refractivity contribution < 1.29 is 9.53 Å². The molecule has 0 N–H and O–H groups in total. The monoisotopic (exact) mass is 322 g/mol. The molecule has 0 saturated carbocycles. The van der Waals surface area contributed by atoms with Gasteiger partial charge in [-0.3, -0.25) is 4.79 Å². The fourth-order valence-corrected chi connectivity index (χ4v) is 3.43. The smallest absolute Gasteiger partial charge is 0.259 e. The number of likely N-dealkylation sites (tertiary alicyclic amines) is 1. The lowest BCUT2D eigenvalue weighted by atomic mass is 10.1. The molecule has 4 heterocycles. The standard InChI is InChI=1S/C18H18N4O2/c1-24-17-13(5-3-9-20-17)18(23)22-11-4-7-15(22)14-6-2-8-16-19-10-12-21(14)16/h2-3,5-6,8-10,12,15H,4,7,11H2,1H3/t15-/m0/s1. The van der Waals surface area contributed by atoms with E-state index in [4.69, 9.17) is 4.74 Å². The Kier molecular flexibility index (Phi) is 3.65. The van der Waals surface area contributed by atoms with Crippen LogP contribution >= 0.6 is 0 Å². The van der Waals surface area contributed by atoms with Gasteiger partial charge in [-0.1, -0.05) is 6.07 Å². The number of aromatic nitrogens is 3. The topological polar surface area (TPSA) is 59.7 Å². The van der Waals surface area contributed by atoms with Crippen molar-refractivity contribution in [3.63, 3.8) is 0 Å². The van der Waals surface area contributed by atoms with Crippen molar-refractivity contribution in [1.29, 1.82) is 0 Å². The predicted octanol–water partition coefficient (Wildman–Crippen LogP) is 2.72. The van der Waals surface area contributed by atoms with E-state index in [9.17, 15) is 4.79 Å². The van der Waals surface area contributed by atoms with Crippen LogP contribution in [0.1, 0.15) is 34.9 Å². The summed E-state index contributed by atoms with van der Waals surface area (Å²) in [6, 6.07) is 9.57. The van der Waals surface area contributed by atoms with Crippen LogP contribution in [0.4, 0.5) is 0 Å². The minimum Gasteiger partial charge on any atom is -0.480 e. The Morgan fingerprint density at radius 1 is 1.21 bits per heavy atom. The number of rotatable bonds is 3. The Balaban J connectivity index is 1.73. The highest BCUT2D eigenvalue weighted by Crippen LogP contribution is 2.34. The molecular formula is C18H18N4O2. The quantitative estimate of drug-likeness (QED) is 0.744. The van der Waals surface area contributed by atoms with Crippen LogP contribution in [-0.4, -0.2) is 38.8 Å². The van der Waals surface area contributed by atoms with E-state index in [0.717, 1.165) is 30.7 Å². The molecule has 1 atom stereocenters. The molecule has 3 aromatic heterocycles. The van der Waals surface area contributed by atoms with Gasteiger partial charge in [-0.2, -0.15) is 0 Å². The SMILES string of the molecule is COc1ncccc1C(=O)N1CCC[C@H]1c1cccc2nccn12. The lowest BCUT2D eigenvalue weighted by Gasteiger charge is -2.26.